The van der Waals surface area contributed by atoms with Gasteiger partial charge in [-0.2, -0.15) is 0 Å². The number of nitrogens with one attached hydrogen (secondary N) is 1. The largest absolute Gasteiger partial charge is 0.507 e. The van der Waals surface area contributed by atoms with Crippen LogP contribution in [0.4, 0.5) is 4.39 Å². The highest BCUT2D eigenvalue weighted by Crippen LogP contribution is 2.33. The van der Waals surface area contributed by atoms with E-state index >= 15 is 0 Å². The molecule has 144 valence electrons. The van der Waals surface area contributed by atoms with Crippen molar-refractivity contribution in [2.45, 2.75) is 43.6 Å². The number of nitrogens with zero attached hydrogens (tertiary/aromatic N) is 4. The minimum Gasteiger partial charge on any atom is -0.507 e. The van der Waals surface area contributed by atoms with Gasteiger partial charge in [-0.1, -0.05) is 0 Å². The summed E-state index contributed by atoms with van der Waals surface area (Å²) in [5, 5.41) is 29.2. The molecule has 0 radical (unpaired) electrons. The second kappa shape index (κ2) is 6.83. The molecular formula is C19H18FN5O3. The summed E-state index contributed by atoms with van der Waals surface area (Å²) in [5.41, 5.74) is 1.58. The number of phenols is 1. The number of ether oxygens (including phenoxy) is 1. The van der Waals surface area contributed by atoms with Crippen LogP contribution in [0.5, 0.6) is 11.6 Å². The Kier molecular flexibility index (Phi) is 4.16. The molecule has 9 heteroatoms. The van der Waals surface area contributed by atoms with Crippen LogP contribution in [0, 0.1) is 0 Å². The van der Waals surface area contributed by atoms with Crippen molar-refractivity contribution in [3.05, 3.63) is 36.7 Å². The number of aromatic nitrogens is 4. The smallest absolute Gasteiger partial charge is 0.247 e. The number of hydrogen-bond donors (Lipinski definition) is 2. The average molecular weight is 383 g/mol. The molecule has 2 N–H and O–H groups in total. The molecule has 0 spiro atoms. The van der Waals surface area contributed by atoms with Gasteiger partial charge in [0.15, 0.2) is 6.17 Å². The molecule has 0 saturated carbocycles. The summed E-state index contributed by atoms with van der Waals surface area (Å²) in [4.78, 5) is 0. The molecule has 28 heavy (non-hydrogen) atoms. The maximum absolute atomic E-state index is 14.5. The molecule has 2 aliphatic heterocycles. The molecule has 3 aromatic rings. The van der Waals surface area contributed by atoms with Crippen LogP contribution in [0.25, 0.3) is 22.7 Å². The Morgan fingerprint density at radius 2 is 2.07 bits per heavy atom. The first-order valence-electron chi connectivity index (χ1n) is 9.18. The van der Waals surface area contributed by atoms with Crippen LogP contribution in [-0.4, -0.2) is 49.9 Å². The standard InChI is InChI=1S/C19H18FN5O3/c20-18-14-4-2-11(22-14)8-16(18)28-17-6-5-13(23-24-17)12-3-1-10(7-15(12)26)19-25-21-9-27-19/h1,3,5-7,9,11,14,16,18,22,26H,2,4,8H2/t11?,14?,16-,18+/m1/s1. The van der Waals surface area contributed by atoms with Gasteiger partial charge in [-0.05, 0) is 37.1 Å². The molecule has 4 atom stereocenters. The predicted octanol–water partition coefficient (Wildman–Crippen LogP) is 2.51. The quantitative estimate of drug-likeness (QED) is 0.708. The van der Waals surface area contributed by atoms with Crippen LogP contribution < -0.4 is 10.1 Å². The molecule has 2 bridgehead atoms. The van der Waals surface area contributed by atoms with E-state index < -0.39 is 12.3 Å². The highest BCUT2D eigenvalue weighted by atomic mass is 19.1. The van der Waals surface area contributed by atoms with Gasteiger partial charge in [0, 0.05) is 35.7 Å². The van der Waals surface area contributed by atoms with Gasteiger partial charge in [-0.25, -0.2) is 4.39 Å². The topological polar surface area (TPSA) is 106 Å². The summed E-state index contributed by atoms with van der Waals surface area (Å²) >= 11 is 0. The fourth-order valence-electron chi connectivity index (χ4n) is 3.93. The Morgan fingerprint density at radius 3 is 2.82 bits per heavy atom. The minimum atomic E-state index is -1.05. The highest BCUT2D eigenvalue weighted by molar-refractivity contribution is 5.71. The monoisotopic (exact) mass is 383 g/mol. The summed E-state index contributed by atoms with van der Waals surface area (Å²) in [6.07, 6.45) is 2.10. The lowest BCUT2D eigenvalue weighted by Crippen LogP contribution is -2.51. The highest BCUT2D eigenvalue weighted by Gasteiger charge is 2.43. The van der Waals surface area contributed by atoms with E-state index in [1.807, 2.05) is 0 Å². The molecular weight excluding hydrogens is 365 g/mol. The third-order valence-electron chi connectivity index (χ3n) is 5.33. The Balaban J connectivity index is 1.32. The van der Waals surface area contributed by atoms with E-state index in [1.54, 1.807) is 24.3 Å². The van der Waals surface area contributed by atoms with Crippen molar-refractivity contribution in [1.82, 2.24) is 25.7 Å². The Hall–Kier alpha value is -3.07. The van der Waals surface area contributed by atoms with E-state index in [1.165, 1.54) is 12.5 Å². The molecule has 2 aliphatic rings. The van der Waals surface area contributed by atoms with Gasteiger partial charge in [0.1, 0.15) is 11.9 Å². The minimum absolute atomic E-state index is 0.0115. The SMILES string of the molecule is Oc1cc(-c2nnco2)ccc1-c1ccc(O[C@@H]2CC3CCC(N3)[C@@H]2F)nn1. The Morgan fingerprint density at radius 1 is 1.14 bits per heavy atom. The summed E-state index contributed by atoms with van der Waals surface area (Å²) < 4.78 is 25.4. The van der Waals surface area contributed by atoms with E-state index in [9.17, 15) is 9.50 Å². The molecule has 2 aromatic heterocycles. The second-order valence-corrected chi connectivity index (χ2v) is 7.12. The molecule has 0 aliphatic carbocycles. The number of phenolic OH excluding ortho intramolecular Hbond substituents is 1. The van der Waals surface area contributed by atoms with E-state index in [0.717, 1.165) is 12.8 Å². The van der Waals surface area contributed by atoms with Crippen molar-refractivity contribution in [2.75, 3.05) is 0 Å². The van der Waals surface area contributed by atoms with Crippen LogP contribution in [0.2, 0.25) is 0 Å². The van der Waals surface area contributed by atoms with E-state index in [-0.39, 0.29) is 17.7 Å². The van der Waals surface area contributed by atoms with Gasteiger partial charge in [0.25, 0.3) is 0 Å². The molecule has 2 fully saturated rings. The zero-order valence-electron chi connectivity index (χ0n) is 14.8. The zero-order chi connectivity index (χ0) is 19.1. The number of alkyl halides is 1. The maximum Gasteiger partial charge on any atom is 0.247 e. The molecule has 8 nitrogen and oxygen atoms in total. The van der Waals surface area contributed by atoms with E-state index in [0.29, 0.717) is 35.2 Å². The van der Waals surface area contributed by atoms with E-state index in [2.05, 4.69) is 25.7 Å². The van der Waals surface area contributed by atoms with Crippen molar-refractivity contribution in [3.63, 3.8) is 0 Å². The number of fused-ring (bicyclic) bond motifs is 2. The number of benzene rings is 1. The van der Waals surface area contributed by atoms with Gasteiger partial charge < -0.3 is 19.6 Å². The number of rotatable bonds is 4. The van der Waals surface area contributed by atoms with Crippen molar-refractivity contribution in [1.29, 1.82) is 0 Å². The van der Waals surface area contributed by atoms with Crippen molar-refractivity contribution in [2.24, 2.45) is 0 Å². The van der Waals surface area contributed by atoms with Gasteiger partial charge in [-0.3, -0.25) is 0 Å². The molecule has 2 saturated heterocycles. The van der Waals surface area contributed by atoms with Crippen LogP contribution in [0.3, 0.4) is 0 Å². The second-order valence-electron chi connectivity index (χ2n) is 7.12. The lowest BCUT2D eigenvalue weighted by atomic mass is 10.0. The van der Waals surface area contributed by atoms with Crippen molar-refractivity contribution < 1.29 is 18.7 Å². The first-order valence-corrected chi connectivity index (χ1v) is 9.18. The lowest BCUT2D eigenvalue weighted by molar-refractivity contribution is 0.0422. The normalized spacial score (nSPS) is 26.3. The first-order chi connectivity index (χ1) is 13.7. The van der Waals surface area contributed by atoms with Gasteiger partial charge in [0.2, 0.25) is 18.2 Å². The third kappa shape index (κ3) is 3.07. The van der Waals surface area contributed by atoms with Crippen molar-refractivity contribution in [3.8, 4) is 34.3 Å². The van der Waals surface area contributed by atoms with E-state index in [4.69, 9.17) is 9.15 Å². The number of aromatic hydroxyl groups is 1. The Bertz CT molecular complexity index is 966. The van der Waals surface area contributed by atoms with Crippen LogP contribution in [-0.2, 0) is 0 Å². The summed E-state index contributed by atoms with van der Waals surface area (Å²) in [6.45, 7) is 0. The predicted molar refractivity (Wildman–Crippen MR) is 96.3 cm³/mol. The van der Waals surface area contributed by atoms with Crippen LogP contribution >= 0.6 is 0 Å². The summed E-state index contributed by atoms with van der Waals surface area (Å²) in [7, 11) is 0. The van der Waals surface area contributed by atoms with Crippen LogP contribution in [0.15, 0.2) is 41.1 Å². The molecule has 0 amide bonds. The van der Waals surface area contributed by atoms with Crippen LogP contribution in [0.1, 0.15) is 19.3 Å². The molecule has 5 rings (SSSR count). The third-order valence-corrected chi connectivity index (χ3v) is 5.33. The van der Waals surface area contributed by atoms with Gasteiger partial charge >= 0.3 is 0 Å². The van der Waals surface area contributed by atoms with Crippen molar-refractivity contribution >= 4 is 0 Å². The fraction of sp³-hybridized carbons (Fsp3) is 0.368. The number of hydrogen-bond acceptors (Lipinski definition) is 8. The van der Waals surface area contributed by atoms with Gasteiger partial charge in [0.05, 0.1) is 5.69 Å². The average Bonchev–Trinajstić information content (AvgIpc) is 3.37. The van der Waals surface area contributed by atoms with Gasteiger partial charge in [-0.15, -0.1) is 20.4 Å². The lowest BCUT2D eigenvalue weighted by Gasteiger charge is -2.32. The number of piperidine rings is 1. The zero-order valence-corrected chi connectivity index (χ0v) is 14.8. The maximum atomic E-state index is 14.5. The molecule has 1 aromatic carbocycles. The fourth-order valence-corrected chi connectivity index (χ4v) is 3.93. The summed E-state index contributed by atoms with van der Waals surface area (Å²) in [6, 6.07) is 8.47. The summed E-state index contributed by atoms with van der Waals surface area (Å²) in [5.74, 6) is 0.602. The Labute approximate surface area is 159 Å². The molecule has 2 unspecified atom stereocenters. The molecule has 4 heterocycles. The first kappa shape index (κ1) is 17.1. The number of halogens is 1.